The molecule has 1 atom stereocenters. The molecule has 0 bridgehead atoms. The lowest BCUT2D eigenvalue weighted by atomic mass is 10.1. The van der Waals surface area contributed by atoms with Crippen LogP contribution in [-0.2, 0) is 14.3 Å². The van der Waals surface area contributed by atoms with E-state index in [9.17, 15) is 14.4 Å². The average Bonchev–Trinajstić information content (AvgIpc) is 2.18. The Kier molecular flexibility index (Phi) is 7.18. The Hall–Kier alpha value is -0.730. The van der Waals surface area contributed by atoms with Gasteiger partial charge in [0.15, 0.2) is 0 Å². The number of thiol groups is 1. The Morgan fingerprint density at radius 1 is 1.53 bits per heavy atom. The molecule has 8 heteroatoms. The van der Waals surface area contributed by atoms with Gasteiger partial charge in [0.2, 0.25) is 5.91 Å². The van der Waals surface area contributed by atoms with Crippen molar-refractivity contribution in [2.75, 3.05) is 7.05 Å². The van der Waals surface area contributed by atoms with Crippen LogP contribution in [0.4, 0.5) is 4.79 Å². The van der Waals surface area contributed by atoms with Gasteiger partial charge in [-0.05, 0) is 13.5 Å². The number of likely N-dealkylation sites (N-methyl/N-ethyl adjacent to an activating group) is 1. The van der Waals surface area contributed by atoms with E-state index in [1.165, 1.54) is 7.05 Å². The van der Waals surface area contributed by atoms with E-state index in [-0.39, 0.29) is 12.8 Å². The normalized spacial score (nSPS) is 11.9. The number of hydrogen-bond donors (Lipinski definition) is 3. The molecule has 1 amide bonds. The Morgan fingerprint density at radius 2 is 2.13 bits per heavy atom. The Bertz CT molecular complexity index is 259. The number of nitrogens with two attached hydrogens (primary N) is 1. The predicted octanol–water partition coefficient (Wildman–Crippen LogP) is 0.0811. The summed E-state index contributed by atoms with van der Waals surface area (Å²) in [6.07, 6.45) is 0.234. The minimum atomic E-state index is -0.803. The number of hydrogen-bond acceptors (Lipinski definition) is 7. The summed E-state index contributed by atoms with van der Waals surface area (Å²) in [5.74, 6) is -1.26. The largest absolute Gasteiger partial charge is 0.385 e. The number of rotatable bonds is 5. The Morgan fingerprint density at radius 3 is 2.53 bits per heavy atom. The van der Waals surface area contributed by atoms with Crippen molar-refractivity contribution < 1.29 is 19.1 Å². The van der Waals surface area contributed by atoms with E-state index in [0.29, 0.717) is 10.8 Å². The third-order valence-corrected chi connectivity index (χ3v) is 2.25. The topological polar surface area (TPSA) is 98.5 Å². The molecule has 0 fully saturated rings. The molecular weight excluding hydrogens is 240 g/mol. The predicted molar refractivity (Wildman–Crippen MR) is 59.3 cm³/mol. The molecule has 0 aromatic rings. The van der Waals surface area contributed by atoms with Crippen LogP contribution in [0.15, 0.2) is 0 Å². The highest BCUT2D eigenvalue weighted by Crippen LogP contribution is 2.10. The summed E-state index contributed by atoms with van der Waals surface area (Å²) < 4.78 is 4.38. The van der Waals surface area contributed by atoms with Crippen LogP contribution in [0.1, 0.15) is 12.8 Å². The maximum atomic E-state index is 11.3. The monoisotopic (exact) mass is 252 g/mol. The van der Waals surface area contributed by atoms with Gasteiger partial charge in [0.1, 0.15) is 6.04 Å². The number of amides is 1. The molecule has 6 nitrogen and oxygen atoms in total. The second-order valence-electron chi connectivity index (χ2n) is 2.61. The highest BCUT2D eigenvalue weighted by molar-refractivity contribution is 8.74. The first kappa shape index (κ1) is 14.3. The number of primary amides is 1. The second kappa shape index (κ2) is 7.55. The van der Waals surface area contributed by atoms with Crippen molar-refractivity contribution in [2.24, 2.45) is 5.73 Å². The van der Waals surface area contributed by atoms with E-state index < -0.39 is 23.2 Å². The summed E-state index contributed by atoms with van der Waals surface area (Å²) in [6.45, 7) is 0. The molecule has 0 aromatic carbocycles. The van der Waals surface area contributed by atoms with Crippen LogP contribution >= 0.6 is 22.5 Å². The van der Waals surface area contributed by atoms with E-state index >= 15 is 0 Å². The van der Waals surface area contributed by atoms with Crippen LogP contribution in [0, 0.1) is 0 Å². The molecule has 0 unspecified atom stereocenters. The van der Waals surface area contributed by atoms with Gasteiger partial charge in [0, 0.05) is 17.2 Å². The Balaban J connectivity index is 4.10. The third-order valence-electron chi connectivity index (χ3n) is 1.57. The van der Waals surface area contributed by atoms with Gasteiger partial charge < -0.3 is 15.8 Å². The second-order valence-corrected chi connectivity index (χ2v) is 3.67. The van der Waals surface area contributed by atoms with E-state index in [4.69, 9.17) is 5.73 Å². The summed E-state index contributed by atoms with van der Waals surface area (Å²) >= 11 is 3.57. The summed E-state index contributed by atoms with van der Waals surface area (Å²) in [5.41, 5.74) is 4.92. The maximum Gasteiger partial charge on any atom is 0.385 e. The van der Waals surface area contributed by atoms with E-state index in [1.54, 1.807) is 0 Å². The van der Waals surface area contributed by atoms with Crippen LogP contribution in [-0.4, -0.2) is 30.3 Å². The van der Waals surface area contributed by atoms with Crippen LogP contribution < -0.4 is 11.1 Å². The molecule has 0 aliphatic carbocycles. The van der Waals surface area contributed by atoms with Gasteiger partial charge in [0.25, 0.3) is 0 Å². The van der Waals surface area contributed by atoms with Gasteiger partial charge in [-0.25, -0.2) is 9.59 Å². The summed E-state index contributed by atoms with van der Waals surface area (Å²) in [6, 6.07) is -0.720. The molecule has 0 radical (unpaired) electrons. The highest BCUT2D eigenvalue weighted by atomic mass is 33.1. The molecule has 0 rings (SSSR count). The fraction of sp³-hybridized carbons (Fsp3) is 0.571. The molecule has 3 N–H and O–H groups in total. The van der Waals surface area contributed by atoms with Crippen LogP contribution in [0.5, 0.6) is 0 Å². The molecular formula is C7H12N2O4S2. The van der Waals surface area contributed by atoms with E-state index in [2.05, 4.69) is 21.7 Å². The number of carbonyl (C=O) groups excluding carboxylic acids is 3. The van der Waals surface area contributed by atoms with Crippen LogP contribution in [0.25, 0.3) is 0 Å². The van der Waals surface area contributed by atoms with Crippen LogP contribution in [0.2, 0.25) is 0 Å². The zero-order valence-electron chi connectivity index (χ0n) is 8.06. The van der Waals surface area contributed by atoms with Crippen LogP contribution in [0.3, 0.4) is 0 Å². The fourth-order valence-corrected chi connectivity index (χ4v) is 1.07. The van der Waals surface area contributed by atoms with Crippen molar-refractivity contribution in [1.82, 2.24) is 5.32 Å². The maximum absolute atomic E-state index is 11.3. The minimum Gasteiger partial charge on any atom is -0.383 e. The van der Waals surface area contributed by atoms with Gasteiger partial charge in [-0.1, -0.05) is 11.7 Å². The first-order valence-electron chi connectivity index (χ1n) is 4.04. The number of ether oxygens (including phenoxy) is 1. The average molecular weight is 252 g/mol. The summed E-state index contributed by atoms with van der Waals surface area (Å²) in [4.78, 5) is 32.4. The first-order chi connectivity index (χ1) is 7.01. The standard InChI is InChI=1S/C7H12N2O4S2/c1-9-4(2-3-5(8)10)6(11)13-7(12)15-14/h4,9,14H,2-3H2,1H3,(H2,8,10)/t4-/m1/s1. The highest BCUT2D eigenvalue weighted by Gasteiger charge is 2.21. The van der Waals surface area contributed by atoms with Gasteiger partial charge in [-0.2, -0.15) is 0 Å². The molecule has 0 heterocycles. The third kappa shape index (κ3) is 6.37. The van der Waals surface area contributed by atoms with Gasteiger partial charge in [-0.3, -0.25) is 4.79 Å². The van der Waals surface area contributed by atoms with Crippen molar-refractivity contribution in [3.8, 4) is 0 Å². The number of esters is 1. The SMILES string of the molecule is CN[C@H](CCC(N)=O)C(=O)OC(=O)SS. The molecule has 0 saturated carbocycles. The first-order valence-corrected chi connectivity index (χ1v) is 5.90. The zero-order valence-corrected chi connectivity index (χ0v) is 9.77. The summed E-state index contributed by atoms with van der Waals surface area (Å²) in [5, 5.41) is 1.81. The van der Waals surface area contributed by atoms with Crippen molar-refractivity contribution in [1.29, 1.82) is 0 Å². The minimum absolute atomic E-state index is 0.0445. The Labute approximate surface area is 96.1 Å². The zero-order chi connectivity index (χ0) is 11.8. The quantitative estimate of drug-likeness (QED) is 0.277. The van der Waals surface area contributed by atoms with Crippen molar-refractivity contribution in [3.63, 3.8) is 0 Å². The molecule has 15 heavy (non-hydrogen) atoms. The van der Waals surface area contributed by atoms with Crippen molar-refractivity contribution >= 4 is 39.6 Å². The number of carbonyl (C=O) groups is 3. The van der Waals surface area contributed by atoms with Crippen molar-refractivity contribution in [3.05, 3.63) is 0 Å². The number of nitrogens with one attached hydrogen (secondary N) is 1. The molecule has 0 aliphatic heterocycles. The summed E-state index contributed by atoms with van der Waals surface area (Å²) in [7, 11) is 2.02. The lowest BCUT2D eigenvalue weighted by Crippen LogP contribution is -2.37. The lowest BCUT2D eigenvalue weighted by molar-refractivity contribution is -0.138. The molecule has 0 aromatic heterocycles. The smallest absolute Gasteiger partial charge is 0.383 e. The molecule has 0 spiro atoms. The van der Waals surface area contributed by atoms with E-state index in [0.717, 1.165) is 0 Å². The molecule has 0 saturated heterocycles. The fourth-order valence-electron chi connectivity index (χ4n) is 0.839. The van der Waals surface area contributed by atoms with Gasteiger partial charge in [-0.15, -0.1) is 0 Å². The molecule has 86 valence electrons. The lowest BCUT2D eigenvalue weighted by Gasteiger charge is -2.12. The van der Waals surface area contributed by atoms with Crippen molar-refractivity contribution in [2.45, 2.75) is 18.9 Å². The van der Waals surface area contributed by atoms with E-state index in [1.807, 2.05) is 0 Å². The van der Waals surface area contributed by atoms with Gasteiger partial charge in [0.05, 0.1) is 0 Å². The molecule has 0 aliphatic rings. The van der Waals surface area contributed by atoms with Gasteiger partial charge >= 0.3 is 11.3 Å².